The van der Waals surface area contributed by atoms with Crippen molar-refractivity contribution in [2.45, 2.75) is 33.1 Å². The summed E-state index contributed by atoms with van der Waals surface area (Å²) in [7, 11) is 0. The number of thioether (sulfide) groups is 2. The number of hydrogen-bond acceptors (Lipinski definition) is 2. The van der Waals surface area contributed by atoms with E-state index in [1.807, 2.05) is 23.5 Å². The molecule has 0 aliphatic heterocycles. The molecule has 0 saturated heterocycles. The van der Waals surface area contributed by atoms with E-state index < -0.39 is 0 Å². The molecule has 0 aromatic carbocycles. The molecular formula is C10H22S2. The molecule has 0 atom stereocenters. The summed E-state index contributed by atoms with van der Waals surface area (Å²) < 4.78 is 0. The molecule has 0 spiro atoms. The summed E-state index contributed by atoms with van der Waals surface area (Å²) in [6, 6.07) is 0. The van der Waals surface area contributed by atoms with E-state index in [2.05, 4.69) is 26.4 Å². The molecule has 2 heteroatoms. The van der Waals surface area contributed by atoms with Crippen LogP contribution in [0.2, 0.25) is 0 Å². The lowest BCUT2D eigenvalue weighted by Crippen LogP contribution is -2.22. The van der Waals surface area contributed by atoms with Gasteiger partial charge in [0.1, 0.15) is 0 Å². The minimum atomic E-state index is 0.578. The van der Waals surface area contributed by atoms with Gasteiger partial charge in [0.2, 0.25) is 0 Å². The lowest BCUT2D eigenvalue weighted by atomic mass is 9.89. The number of hydrogen-bond donors (Lipinski definition) is 0. The van der Waals surface area contributed by atoms with Crippen molar-refractivity contribution in [1.82, 2.24) is 0 Å². The first-order valence-electron chi connectivity index (χ1n) is 4.66. The van der Waals surface area contributed by atoms with E-state index in [1.54, 1.807) is 0 Å². The van der Waals surface area contributed by atoms with E-state index in [4.69, 9.17) is 0 Å². The molecule has 0 aliphatic rings. The summed E-state index contributed by atoms with van der Waals surface area (Å²) in [6.45, 7) is 4.70. The van der Waals surface area contributed by atoms with Crippen molar-refractivity contribution >= 4 is 23.5 Å². The Bertz CT molecular complexity index is 96.0. The monoisotopic (exact) mass is 206 g/mol. The first-order valence-corrected chi connectivity index (χ1v) is 7.45. The smallest absolute Gasteiger partial charge is 0.000833 e. The lowest BCUT2D eigenvalue weighted by Gasteiger charge is -2.27. The van der Waals surface area contributed by atoms with E-state index in [0.717, 1.165) is 0 Å². The van der Waals surface area contributed by atoms with E-state index in [-0.39, 0.29) is 0 Å². The molecule has 0 heterocycles. The van der Waals surface area contributed by atoms with Crippen LogP contribution in [-0.2, 0) is 0 Å². The predicted octanol–water partition coefficient (Wildman–Crippen LogP) is 3.91. The summed E-state index contributed by atoms with van der Waals surface area (Å²) in [5.41, 5.74) is 0.578. The Labute approximate surface area is 86.3 Å². The highest BCUT2D eigenvalue weighted by Crippen LogP contribution is 2.30. The number of rotatable bonds is 7. The Morgan fingerprint density at radius 2 is 1.58 bits per heavy atom. The third-order valence-corrected chi connectivity index (χ3v) is 4.09. The Kier molecular flexibility index (Phi) is 7.55. The van der Waals surface area contributed by atoms with Gasteiger partial charge >= 0.3 is 0 Å². The van der Waals surface area contributed by atoms with Gasteiger partial charge in [-0.3, -0.25) is 0 Å². The fourth-order valence-electron chi connectivity index (χ4n) is 1.49. The van der Waals surface area contributed by atoms with Gasteiger partial charge in [0, 0.05) is 0 Å². The van der Waals surface area contributed by atoms with E-state index >= 15 is 0 Å². The molecule has 0 nitrogen and oxygen atoms in total. The van der Waals surface area contributed by atoms with Gasteiger partial charge in [-0.15, -0.1) is 0 Å². The predicted molar refractivity (Wildman–Crippen MR) is 64.4 cm³/mol. The zero-order valence-electron chi connectivity index (χ0n) is 8.85. The maximum atomic E-state index is 2.43. The first kappa shape index (κ1) is 12.7. The van der Waals surface area contributed by atoms with Crippen LogP contribution in [0.5, 0.6) is 0 Å². The van der Waals surface area contributed by atoms with Crippen LogP contribution < -0.4 is 0 Å². The van der Waals surface area contributed by atoms with Gasteiger partial charge in [0.15, 0.2) is 0 Å². The molecule has 0 N–H and O–H groups in total. The van der Waals surface area contributed by atoms with Crippen molar-refractivity contribution in [2.24, 2.45) is 5.41 Å². The lowest BCUT2D eigenvalue weighted by molar-refractivity contribution is 0.381. The maximum absolute atomic E-state index is 2.43. The highest BCUT2D eigenvalue weighted by atomic mass is 32.2. The summed E-state index contributed by atoms with van der Waals surface area (Å²) in [5.74, 6) is 2.63. The van der Waals surface area contributed by atoms with Crippen LogP contribution in [0.15, 0.2) is 0 Å². The van der Waals surface area contributed by atoms with Gasteiger partial charge in [0.25, 0.3) is 0 Å². The fourth-order valence-corrected chi connectivity index (χ4v) is 3.50. The Balaban J connectivity index is 3.80. The second-order valence-electron chi connectivity index (χ2n) is 3.78. The van der Waals surface area contributed by atoms with Crippen molar-refractivity contribution < 1.29 is 0 Å². The molecule has 0 fully saturated rings. The Hall–Kier alpha value is 0.700. The average molecular weight is 206 g/mol. The quantitative estimate of drug-likeness (QED) is 0.619. The normalized spacial score (nSPS) is 12.0. The van der Waals surface area contributed by atoms with Crippen LogP contribution in [-0.4, -0.2) is 24.0 Å². The molecule has 0 saturated carbocycles. The first-order chi connectivity index (χ1) is 5.68. The molecule has 74 valence electrons. The molecule has 0 unspecified atom stereocenters. The highest BCUT2D eigenvalue weighted by Gasteiger charge is 2.21. The molecule has 0 aromatic heterocycles. The summed E-state index contributed by atoms with van der Waals surface area (Å²) in [5, 5.41) is 0. The topological polar surface area (TPSA) is 0 Å². The van der Waals surface area contributed by atoms with Gasteiger partial charge in [-0.05, 0) is 35.9 Å². The van der Waals surface area contributed by atoms with E-state index in [9.17, 15) is 0 Å². The number of unbranched alkanes of at least 4 members (excludes halogenated alkanes) is 1. The Morgan fingerprint density at radius 1 is 1.08 bits per heavy atom. The molecule has 0 radical (unpaired) electrons. The van der Waals surface area contributed by atoms with Crippen molar-refractivity contribution in [1.29, 1.82) is 0 Å². The van der Waals surface area contributed by atoms with Crippen LogP contribution in [0, 0.1) is 5.41 Å². The van der Waals surface area contributed by atoms with Gasteiger partial charge in [-0.2, -0.15) is 23.5 Å². The van der Waals surface area contributed by atoms with Gasteiger partial charge in [-0.1, -0.05) is 26.7 Å². The second kappa shape index (κ2) is 7.14. The molecular weight excluding hydrogens is 184 g/mol. The zero-order valence-corrected chi connectivity index (χ0v) is 10.5. The minimum Gasteiger partial charge on any atom is -0.165 e. The molecule has 12 heavy (non-hydrogen) atoms. The summed E-state index contributed by atoms with van der Waals surface area (Å²) in [6.07, 6.45) is 8.54. The Morgan fingerprint density at radius 3 is 1.92 bits per heavy atom. The molecule has 0 aliphatic carbocycles. The SMILES string of the molecule is CCCCC(C)(CSC)CSC. The molecule has 0 bridgehead atoms. The third-order valence-electron chi connectivity index (χ3n) is 2.12. The van der Waals surface area contributed by atoms with E-state index in [0.29, 0.717) is 5.41 Å². The maximum Gasteiger partial charge on any atom is -0.000833 e. The van der Waals surface area contributed by atoms with Gasteiger partial charge in [-0.25, -0.2) is 0 Å². The van der Waals surface area contributed by atoms with Crippen molar-refractivity contribution in [3.8, 4) is 0 Å². The van der Waals surface area contributed by atoms with Crippen molar-refractivity contribution in [2.75, 3.05) is 24.0 Å². The zero-order chi connectivity index (χ0) is 9.45. The van der Waals surface area contributed by atoms with Crippen LogP contribution in [0.1, 0.15) is 33.1 Å². The van der Waals surface area contributed by atoms with Crippen LogP contribution in [0.3, 0.4) is 0 Å². The largest absolute Gasteiger partial charge is 0.165 e. The second-order valence-corrected chi connectivity index (χ2v) is 5.51. The highest BCUT2D eigenvalue weighted by molar-refractivity contribution is 7.99. The van der Waals surface area contributed by atoms with Crippen LogP contribution >= 0.6 is 23.5 Å². The average Bonchev–Trinajstić information content (AvgIpc) is 2.02. The van der Waals surface area contributed by atoms with Crippen LogP contribution in [0.4, 0.5) is 0 Å². The molecule has 0 rings (SSSR count). The summed E-state index contributed by atoms with van der Waals surface area (Å²) in [4.78, 5) is 0. The fraction of sp³-hybridized carbons (Fsp3) is 1.00. The molecule has 0 aromatic rings. The van der Waals surface area contributed by atoms with Crippen molar-refractivity contribution in [3.63, 3.8) is 0 Å². The van der Waals surface area contributed by atoms with Gasteiger partial charge in [0.05, 0.1) is 0 Å². The third kappa shape index (κ3) is 5.36. The van der Waals surface area contributed by atoms with E-state index in [1.165, 1.54) is 30.8 Å². The summed E-state index contributed by atoms with van der Waals surface area (Å²) >= 11 is 3.97. The van der Waals surface area contributed by atoms with Crippen LogP contribution in [0.25, 0.3) is 0 Å². The van der Waals surface area contributed by atoms with Gasteiger partial charge < -0.3 is 0 Å². The molecule has 0 amide bonds. The van der Waals surface area contributed by atoms with Crippen molar-refractivity contribution in [3.05, 3.63) is 0 Å². The minimum absolute atomic E-state index is 0.578. The standard InChI is InChI=1S/C10H22S2/c1-5-6-7-10(2,8-11-3)9-12-4/h5-9H2,1-4H3.